The summed E-state index contributed by atoms with van der Waals surface area (Å²) in [5.41, 5.74) is 0.928. The van der Waals surface area contributed by atoms with Gasteiger partial charge in [0, 0.05) is 23.9 Å². The van der Waals surface area contributed by atoms with E-state index < -0.39 is 11.6 Å². The highest BCUT2D eigenvalue weighted by atomic mass is 16.5. The highest BCUT2D eigenvalue weighted by Gasteiger charge is 2.04. The summed E-state index contributed by atoms with van der Waals surface area (Å²) < 4.78 is 10.5. The minimum Gasteiger partial charge on any atom is -0.493 e. The Kier molecular flexibility index (Phi) is 3.85. The molecule has 0 atom stereocenters. The van der Waals surface area contributed by atoms with Gasteiger partial charge in [0.2, 0.25) is 0 Å². The van der Waals surface area contributed by atoms with Gasteiger partial charge in [0.05, 0.1) is 6.61 Å². The first-order valence-corrected chi connectivity index (χ1v) is 5.95. The van der Waals surface area contributed by atoms with Crippen molar-refractivity contribution < 1.29 is 19.1 Å². The molecule has 100 valence electrons. The fourth-order valence-corrected chi connectivity index (χ4v) is 1.81. The summed E-state index contributed by atoms with van der Waals surface area (Å²) in [5.74, 6) is -0.282. The predicted molar refractivity (Wildman–Crippen MR) is 69.6 cm³/mol. The molecule has 0 unspecified atom stereocenters. The molecule has 1 N–H and O–H groups in total. The number of hydrogen-bond acceptors (Lipinski definition) is 4. The Balaban J connectivity index is 2.13. The van der Waals surface area contributed by atoms with E-state index in [1.807, 2.05) is 13.0 Å². The van der Waals surface area contributed by atoms with Crippen molar-refractivity contribution in [2.75, 3.05) is 6.61 Å². The van der Waals surface area contributed by atoms with Crippen molar-refractivity contribution in [3.05, 3.63) is 40.2 Å². The molecule has 5 nitrogen and oxygen atoms in total. The summed E-state index contributed by atoms with van der Waals surface area (Å²) in [6, 6.07) is 6.68. The van der Waals surface area contributed by atoms with Crippen molar-refractivity contribution in [2.45, 2.75) is 19.8 Å². The second-order valence-electron chi connectivity index (χ2n) is 4.25. The average molecular weight is 262 g/mol. The maximum absolute atomic E-state index is 11.3. The molecule has 0 saturated heterocycles. The van der Waals surface area contributed by atoms with Gasteiger partial charge in [0.25, 0.3) is 0 Å². The third kappa shape index (κ3) is 3.34. The molecule has 0 radical (unpaired) electrons. The molecule has 0 saturated carbocycles. The summed E-state index contributed by atoms with van der Waals surface area (Å²) in [7, 11) is 0. The van der Waals surface area contributed by atoms with Crippen LogP contribution < -0.4 is 10.4 Å². The van der Waals surface area contributed by atoms with E-state index in [0.29, 0.717) is 24.4 Å². The van der Waals surface area contributed by atoms with Gasteiger partial charge >= 0.3 is 11.6 Å². The van der Waals surface area contributed by atoms with E-state index in [1.165, 1.54) is 6.07 Å². The number of aliphatic carboxylic acids is 1. The third-order valence-electron chi connectivity index (χ3n) is 2.73. The number of fused-ring (bicyclic) bond motifs is 1. The second-order valence-corrected chi connectivity index (χ2v) is 4.25. The Morgan fingerprint density at radius 2 is 2.16 bits per heavy atom. The Morgan fingerprint density at radius 3 is 2.89 bits per heavy atom. The van der Waals surface area contributed by atoms with Crippen molar-refractivity contribution in [3.8, 4) is 5.75 Å². The standard InChI is InChI=1S/C14H14O5/c1-9-7-14(17)19-12-8-10(4-5-11(9)12)18-6-2-3-13(15)16/h4-5,7-8H,2-3,6H2,1H3,(H,15,16). The molecule has 0 aliphatic carbocycles. The molecule has 2 rings (SSSR count). The zero-order chi connectivity index (χ0) is 13.8. The van der Waals surface area contributed by atoms with Crippen molar-refractivity contribution in [2.24, 2.45) is 0 Å². The fourth-order valence-electron chi connectivity index (χ4n) is 1.81. The van der Waals surface area contributed by atoms with Crippen molar-refractivity contribution in [1.82, 2.24) is 0 Å². The van der Waals surface area contributed by atoms with Gasteiger partial charge in [-0.25, -0.2) is 4.79 Å². The molecule has 1 aromatic heterocycles. The van der Waals surface area contributed by atoms with E-state index in [9.17, 15) is 9.59 Å². The zero-order valence-corrected chi connectivity index (χ0v) is 10.5. The molecule has 0 spiro atoms. The first kappa shape index (κ1) is 13.1. The van der Waals surface area contributed by atoms with Gasteiger partial charge in [-0.2, -0.15) is 0 Å². The van der Waals surface area contributed by atoms with Crippen LogP contribution in [0.5, 0.6) is 5.75 Å². The predicted octanol–water partition coefficient (Wildman–Crippen LogP) is 2.35. The monoisotopic (exact) mass is 262 g/mol. The van der Waals surface area contributed by atoms with Crippen LogP contribution in [0.25, 0.3) is 11.0 Å². The van der Waals surface area contributed by atoms with Gasteiger partial charge in [0.1, 0.15) is 11.3 Å². The van der Waals surface area contributed by atoms with Crippen molar-refractivity contribution in [3.63, 3.8) is 0 Å². The summed E-state index contributed by atoms with van der Waals surface area (Å²) in [4.78, 5) is 21.6. The Hall–Kier alpha value is -2.30. The molecule has 0 fully saturated rings. The van der Waals surface area contributed by atoms with Crippen LogP contribution >= 0.6 is 0 Å². The van der Waals surface area contributed by atoms with Crippen LogP contribution in [-0.2, 0) is 4.79 Å². The van der Waals surface area contributed by atoms with E-state index in [0.717, 1.165) is 10.9 Å². The van der Waals surface area contributed by atoms with E-state index in [1.54, 1.807) is 12.1 Å². The quantitative estimate of drug-likeness (QED) is 0.661. The molecular weight excluding hydrogens is 248 g/mol. The lowest BCUT2D eigenvalue weighted by Gasteiger charge is -2.06. The summed E-state index contributed by atoms with van der Waals surface area (Å²) in [6.07, 6.45) is 0.507. The SMILES string of the molecule is Cc1cc(=O)oc2cc(OCCCC(=O)O)ccc12. The first-order valence-electron chi connectivity index (χ1n) is 5.95. The molecule has 1 aromatic carbocycles. The lowest BCUT2D eigenvalue weighted by Crippen LogP contribution is -2.02. The van der Waals surface area contributed by atoms with Gasteiger partial charge in [-0.05, 0) is 31.0 Å². The summed E-state index contributed by atoms with van der Waals surface area (Å²) in [6.45, 7) is 2.15. The van der Waals surface area contributed by atoms with Gasteiger partial charge in [-0.15, -0.1) is 0 Å². The molecule has 5 heteroatoms. The lowest BCUT2D eigenvalue weighted by molar-refractivity contribution is -0.137. The van der Waals surface area contributed by atoms with E-state index >= 15 is 0 Å². The van der Waals surface area contributed by atoms with Gasteiger partial charge in [-0.3, -0.25) is 4.79 Å². The first-order chi connectivity index (χ1) is 9.06. The smallest absolute Gasteiger partial charge is 0.336 e. The number of carboxylic acid groups (broad SMARTS) is 1. The highest BCUT2D eigenvalue weighted by molar-refractivity contribution is 5.81. The van der Waals surface area contributed by atoms with Crippen LogP contribution in [0.2, 0.25) is 0 Å². The van der Waals surface area contributed by atoms with Crippen molar-refractivity contribution >= 4 is 16.9 Å². The van der Waals surface area contributed by atoms with Crippen LogP contribution in [0.3, 0.4) is 0 Å². The second kappa shape index (κ2) is 5.56. The third-order valence-corrected chi connectivity index (χ3v) is 2.73. The largest absolute Gasteiger partial charge is 0.493 e. The molecule has 1 heterocycles. The molecule has 0 aliphatic rings. The Morgan fingerprint density at radius 1 is 1.37 bits per heavy atom. The fraction of sp³-hybridized carbons (Fsp3) is 0.286. The van der Waals surface area contributed by atoms with Crippen LogP contribution in [-0.4, -0.2) is 17.7 Å². The number of aryl methyl sites for hydroxylation is 1. The van der Waals surface area contributed by atoms with Gasteiger partial charge in [-0.1, -0.05) is 0 Å². The van der Waals surface area contributed by atoms with E-state index in [2.05, 4.69) is 0 Å². The minimum absolute atomic E-state index is 0.0712. The summed E-state index contributed by atoms with van der Waals surface area (Å²) in [5, 5.41) is 9.37. The number of rotatable bonds is 5. The maximum atomic E-state index is 11.3. The normalized spacial score (nSPS) is 10.6. The van der Waals surface area contributed by atoms with Crippen LogP contribution in [0.1, 0.15) is 18.4 Å². The Labute approximate surface area is 109 Å². The average Bonchev–Trinajstić information content (AvgIpc) is 2.33. The molecule has 19 heavy (non-hydrogen) atoms. The van der Waals surface area contributed by atoms with Crippen LogP contribution in [0, 0.1) is 6.92 Å². The van der Waals surface area contributed by atoms with Gasteiger partial charge in [0.15, 0.2) is 0 Å². The molecule has 0 amide bonds. The summed E-state index contributed by atoms with van der Waals surface area (Å²) >= 11 is 0. The Bertz CT molecular complexity index is 656. The van der Waals surface area contributed by atoms with Crippen molar-refractivity contribution in [1.29, 1.82) is 0 Å². The number of carbonyl (C=O) groups is 1. The molecule has 0 aliphatic heterocycles. The van der Waals surface area contributed by atoms with E-state index in [-0.39, 0.29) is 6.42 Å². The highest BCUT2D eigenvalue weighted by Crippen LogP contribution is 2.22. The zero-order valence-electron chi connectivity index (χ0n) is 10.5. The number of hydrogen-bond donors (Lipinski definition) is 1. The maximum Gasteiger partial charge on any atom is 0.336 e. The minimum atomic E-state index is -0.844. The molecule has 0 bridgehead atoms. The van der Waals surface area contributed by atoms with Crippen LogP contribution in [0.15, 0.2) is 33.5 Å². The number of carboxylic acids is 1. The number of ether oxygens (including phenoxy) is 1. The number of benzene rings is 1. The molecular formula is C14H14O5. The van der Waals surface area contributed by atoms with Crippen LogP contribution in [0.4, 0.5) is 0 Å². The lowest BCUT2D eigenvalue weighted by atomic mass is 10.1. The molecule has 2 aromatic rings. The topological polar surface area (TPSA) is 76.7 Å². The van der Waals surface area contributed by atoms with Gasteiger partial charge < -0.3 is 14.3 Å². The van der Waals surface area contributed by atoms with E-state index in [4.69, 9.17) is 14.3 Å².